The van der Waals surface area contributed by atoms with Crippen LogP contribution in [0.1, 0.15) is 54.4 Å². The number of fused-ring (bicyclic) bond motifs is 5. The Hall–Kier alpha value is -3.70. The van der Waals surface area contributed by atoms with Gasteiger partial charge in [-0.25, -0.2) is 0 Å². The zero-order valence-electron chi connectivity index (χ0n) is 22.4. The number of likely N-dealkylation sites (tertiary alicyclic amines) is 1. The summed E-state index contributed by atoms with van der Waals surface area (Å²) in [5.41, 5.74) is 7.90. The topological polar surface area (TPSA) is 58.2 Å². The first-order chi connectivity index (χ1) is 19.2. The Bertz CT molecular complexity index is 1530. The van der Waals surface area contributed by atoms with Crippen LogP contribution in [0.25, 0.3) is 22.0 Å². The molecular weight excluding hydrogens is 482 g/mol. The molecule has 7 rings (SSSR count). The minimum absolute atomic E-state index is 0.109. The Morgan fingerprint density at radius 2 is 1.77 bits per heavy atom. The highest BCUT2D eigenvalue weighted by Crippen LogP contribution is 2.58. The predicted octanol–water partition coefficient (Wildman–Crippen LogP) is 6.49. The van der Waals surface area contributed by atoms with E-state index < -0.39 is 0 Å². The number of hydrogen-bond acceptors (Lipinski definition) is 4. The summed E-state index contributed by atoms with van der Waals surface area (Å²) in [6, 6.07) is 23.3. The molecule has 1 saturated heterocycles. The number of carbonyl (C=O) groups excluding carboxylic acids is 1. The first-order valence-corrected chi connectivity index (χ1v) is 14.4. The second-order valence-corrected chi connectivity index (χ2v) is 11.5. The highest BCUT2D eigenvalue weighted by Gasteiger charge is 2.48. The molecule has 1 aliphatic heterocycles. The van der Waals surface area contributed by atoms with Gasteiger partial charge in [-0.15, -0.1) is 0 Å². The van der Waals surface area contributed by atoms with Crippen LogP contribution in [0.5, 0.6) is 5.75 Å². The largest absolute Gasteiger partial charge is 0.492 e. The number of allylic oxidation sites excluding steroid dienone is 2. The molecule has 1 unspecified atom stereocenters. The number of carbonyl (C=O) groups is 1. The van der Waals surface area contributed by atoms with Crippen LogP contribution in [-0.2, 0) is 17.6 Å². The lowest BCUT2D eigenvalue weighted by atomic mass is 9.65. The molecule has 1 N–H and O–H groups in total. The van der Waals surface area contributed by atoms with Crippen LogP contribution in [-0.4, -0.2) is 47.1 Å². The van der Waals surface area contributed by atoms with Crippen molar-refractivity contribution in [2.75, 3.05) is 26.2 Å². The number of hydrogen-bond donors (Lipinski definition) is 1. The predicted molar refractivity (Wildman–Crippen MR) is 156 cm³/mol. The maximum atomic E-state index is 13.7. The fraction of sp³-hybridized carbons (Fsp3) is 0.353. The third-order valence-electron chi connectivity index (χ3n) is 9.06. The number of H-pyrrole nitrogens is 1. The number of piperidine rings is 1. The Balaban J connectivity index is 1.25. The summed E-state index contributed by atoms with van der Waals surface area (Å²) in [6.45, 7) is 4.02. The van der Waals surface area contributed by atoms with Gasteiger partial charge < -0.3 is 4.74 Å². The Morgan fingerprint density at radius 3 is 2.59 bits per heavy atom. The lowest BCUT2D eigenvalue weighted by molar-refractivity contribution is -0.114. The average molecular weight is 518 g/mol. The molecule has 0 bridgehead atoms. The molecule has 39 heavy (non-hydrogen) atoms. The molecule has 0 amide bonds. The van der Waals surface area contributed by atoms with Gasteiger partial charge in [-0.1, -0.05) is 55.0 Å². The maximum absolute atomic E-state index is 13.7. The van der Waals surface area contributed by atoms with E-state index in [2.05, 4.69) is 69.7 Å². The number of Topliss-reactive ketones (excluding diaryl/α,β-unsaturated/α-hetero) is 1. The zero-order chi connectivity index (χ0) is 26.2. The van der Waals surface area contributed by atoms with Crippen molar-refractivity contribution in [3.63, 3.8) is 0 Å². The standard InChI is InChI=1S/C34H35N3O2/c38-31-15-16-34(21-24-7-3-1-4-8-24)22-28-27(13-14-30-29(28)23-35-36-30)33(34)32(31)25-9-11-26(12-10-25)39-20-19-37-17-5-2-6-18-37/h1,3-4,7-14,23H,2,5-6,15-22H2,(H,35,36). The van der Waals surface area contributed by atoms with Gasteiger partial charge in [0.15, 0.2) is 5.78 Å². The van der Waals surface area contributed by atoms with Gasteiger partial charge in [0.05, 0.1) is 11.7 Å². The van der Waals surface area contributed by atoms with E-state index in [4.69, 9.17) is 4.74 Å². The summed E-state index contributed by atoms with van der Waals surface area (Å²) in [6.07, 6.45) is 9.17. The summed E-state index contributed by atoms with van der Waals surface area (Å²) in [5, 5.41) is 8.64. The van der Waals surface area contributed by atoms with E-state index in [1.54, 1.807) is 0 Å². The molecular formula is C34H35N3O2. The molecule has 3 aromatic carbocycles. The van der Waals surface area contributed by atoms with Crippen LogP contribution in [0.4, 0.5) is 0 Å². The quantitative estimate of drug-likeness (QED) is 0.305. The van der Waals surface area contributed by atoms with Gasteiger partial charge in [-0.05, 0) is 91.2 Å². The summed E-state index contributed by atoms with van der Waals surface area (Å²) in [7, 11) is 0. The van der Waals surface area contributed by atoms with Gasteiger partial charge in [-0.3, -0.25) is 14.8 Å². The lowest BCUT2D eigenvalue weighted by Crippen LogP contribution is -2.33. The smallest absolute Gasteiger partial charge is 0.163 e. The van der Waals surface area contributed by atoms with Crippen LogP contribution in [0.2, 0.25) is 0 Å². The summed E-state index contributed by atoms with van der Waals surface area (Å²) < 4.78 is 6.11. The van der Waals surface area contributed by atoms with Gasteiger partial charge in [0.1, 0.15) is 12.4 Å². The van der Waals surface area contributed by atoms with Gasteiger partial charge in [0.25, 0.3) is 0 Å². The molecule has 0 radical (unpaired) electrons. The second kappa shape index (κ2) is 10.1. The van der Waals surface area contributed by atoms with Gasteiger partial charge >= 0.3 is 0 Å². The Labute approximate surface area is 229 Å². The van der Waals surface area contributed by atoms with E-state index in [1.807, 2.05) is 18.3 Å². The first kappa shape index (κ1) is 24.3. The summed E-state index contributed by atoms with van der Waals surface area (Å²) >= 11 is 0. The van der Waals surface area contributed by atoms with Crippen LogP contribution in [0.3, 0.4) is 0 Å². The van der Waals surface area contributed by atoms with Crippen molar-refractivity contribution in [3.8, 4) is 5.75 Å². The number of nitrogens with one attached hydrogen (secondary N) is 1. The van der Waals surface area contributed by atoms with Crippen LogP contribution in [0.15, 0.2) is 72.9 Å². The van der Waals surface area contributed by atoms with Gasteiger partial charge in [0, 0.05) is 29.3 Å². The Morgan fingerprint density at radius 1 is 0.949 bits per heavy atom. The van der Waals surface area contributed by atoms with E-state index in [9.17, 15) is 4.79 Å². The van der Waals surface area contributed by atoms with E-state index in [1.165, 1.54) is 60.0 Å². The van der Waals surface area contributed by atoms with Crippen molar-refractivity contribution in [1.82, 2.24) is 15.1 Å². The highest BCUT2D eigenvalue weighted by molar-refractivity contribution is 6.30. The maximum Gasteiger partial charge on any atom is 0.163 e. The molecule has 1 aromatic heterocycles. The molecule has 1 fully saturated rings. The molecule has 2 heterocycles. The third kappa shape index (κ3) is 4.49. The number of benzene rings is 3. The zero-order valence-corrected chi connectivity index (χ0v) is 22.4. The van der Waals surface area contributed by atoms with Crippen molar-refractivity contribution < 1.29 is 9.53 Å². The average Bonchev–Trinajstić information content (AvgIpc) is 3.58. The Kier molecular flexibility index (Phi) is 6.32. The fourth-order valence-corrected chi connectivity index (χ4v) is 7.17. The molecule has 0 spiro atoms. The SMILES string of the molecule is O=C1CCC2(Cc3ccccc3)Cc3c(ccc4[nH]ncc34)C2=C1c1ccc(OCCN2CCCCC2)cc1. The van der Waals surface area contributed by atoms with E-state index in [0.29, 0.717) is 13.0 Å². The van der Waals surface area contributed by atoms with E-state index in [-0.39, 0.29) is 11.2 Å². The summed E-state index contributed by atoms with van der Waals surface area (Å²) in [5.74, 6) is 1.11. The molecule has 3 aliphatic rings. The minimum atomic E-state index is -0.109. The van der Waals surface area contributed by atoms with Crippen molar-refractivity contribution in [3.05, 3.63) is 95.2 Å². The third-order valence-corrected chi connectivity index (χ3v) is 9.06. The summed E-state index contributed by atoms with van der Waals surface area (Å²) in [4.78, 5) is 16.2. The number of aromatic amines is 1. The van der Waals surface area contributed by atoms with Gasteiger partial charge in [-0.2, -0.15) is 5.10 Å². The number of ether oxygens (including phenoxy) is 1. The number of nitrogens with zero attached hydrogens (tertiary/aromatic N) is 2. The van der Waals surface area contributed by atoms with Crippen LogP contribution >= 0.6 is 0 Å². The van der Waals surface area contributed by atoms with Crippen molar-refractivity contribution >= 4 is 27.8 Å². The van der Waals surface area contributed by atoms with Crippen molar-refractivity contribution in [2.45, 2.75) is 44.9 Å². The van der Waals surface area contributed by atoms with Crippen LogP contribution in [0, 0.1) is 5.41 Å². The van der Waals surface area contributed by atoms with Crippen LogP contribution < -0.4 is 4.74 Å². The molecule has 5 heteroatoms. The molecule has 198 valence electrons. The normalized spacial score (nSPS) is 21.3. The highest BCUT2D eigenvalue weighted by atomic mass is 16.5. The van der Waals surface area contributed by atoms with Crippen molar-refractivity contribution in [2.24, 2.45) is 5.41 Å². The molecule has 0 saturated carbocycles. The molecule has 1 atom stereocenters. The molecule has 5 nitrogen and oxygen atoms in total. The molecule has 4 aromatic rings. The monoisotopic (exact) mass is 517 g/mol. The van der Waals surface area contributed by atoms with E-state index >= 15 is 0 Å². The van der Waals surface area contributed by atoms with E-state index in [0.717, 1.165) is 48.2 Å². The lowest BCUT2D eigenvalue weighted by Gasteiger charge is -2.37. The minimum Gasteiger partial charge on any atom is -0.492 e. The number of rotatable bonds is 7. The van der Waals surface area contributed by atoms with Gasteiger partial charge in [0.2, 0.25) is 0 Å². The van der Waals surface area contributed by atoms with Crippen molar-refractivity contribution in [1.29, 1.82) is 0 Å². The number of ketones is 1. The first-order valence-electron chi connectivity index (χ1n) is 14.4. The second-order valence-electron chi connectivity index (χ2n) is 11.5. The molecule has 2 aliphatic carbocycles. The fourth-order valence-electron chi connectivity index (χ4n) is 7.17. The number of aromatic nitrogens is 2.